The molecule has 1 aliphatic carbocycles. The molecule has 1 atom stereocenters. The van der Waals surface area contributed by atoms with Crippen LogP contribution in [0.5, 0.6) is 0 Å². The number of carbonyl (C=O) groups excluding carboxylic acids is 1. The maximum atomic E-state index is 10.8. The van der Waals surface area contributed by atoms with Gasteiger partial charge in [-0.2, -0.15) is 0 Å². The molecule has 1 aromatic carbocycles. The molecule has 0 saturated heterocycles. The molecule has 1 aromatic rings. The topological polar surface area (TPSA) is 17.1 Å². The number of carbonyl (C=O) groups is 1. The first kappa shape index (κ1) is 9.19. The summed E-state index contributed by atoms with van der Waals surface area (Å²) >= 11 is 2.32. The molecule has 2 rings (SSSR count). The van der Waals surface area contributed by atoms with Crippen molar-refractivity contribution in [2.75, 3.05) is 0 Å². The number of benzene rings is 1. The Balaban J connectivity index is 2.45. The SMILES string of the molecule is O=CC1CCCc2cc(I)ccc21. The average Bonchev–Trinajstić information content (AvgIpc) is 2.16. The first-order valence-electron chi connectivity index (χ1n) is 4.55. The molecule has 0 aromatic heterocycles. The second-order valence-electron chi connectivity index (χ2n) is 3.48. The lowest BCUT2D eigenvalue weighted by molar-refractivity contribution is -0.109. The predicted octanol–water partition coefficient (Wildman–Crippen LogP) is 2.91. The normalized spacial score (nSPS) is 20.8. The van der Waals surface area contributed by atoms with Crippen molar-refractivity contribution in [1.29, 1.82) is 0 Å². The van der Waals surface area contributed by atoms with Crippen molar-refractivity contribution < 1.29 is 4.79 Å². The van der Waals surface area contributed by atoms with E-state index in [2.05, 4.69) is 40.8 Å². The van der Waals surface area contributed by atoms with Crippen molar-refractivity contribution in [2.24, 2.45) is 0 Å². The van der Waals surface area contributed by atoms with E-state index in [1.54, 1.807) is 0 Å². The monoisotopic (exact) mass is 286 g/mol. The molecule has 13 heavy (non-hydrogen) atoms. The minimum Gasteiger partial charge on any atom is -0.303 e. The minimum absolute atomic E-state index is 0.153. The zero-order chi connectivity index (χ0) is 9.26. The molecule has 1 unspecified atom stereocenters. The number of hydrogen-bond donors (Lipinski definition) is 0. The quantitative estimate of drug-likeness (QED) is 0.573. The summed E-state index contributed by atoms with van der Waals surface area (Å²) in [5.41, 5.74) is 2.62. The van der Waals surface area contributed by atoms with Crippen LogP contribution in [0, 0.1) is 3.57 Å². The minimum atomic E-state index is 0.153. The van der Waals surface area contributed by atoms with Crippen LogP contribution in [0.15, 0.2) is 18.2 Å². The van der Waals surface area contributed by atoms with Crippen molar-refractivity contribution >= 4 is 28.9 Å². The summed E-state index contributed by atoms with van der Waals surface area (Å²) < 4.78 is 1.27. The molecule has 0 amide bonds. The predicted molar refractivity (Wildman–Crippen MR) is 60.9 cm³/mol. The highest BCUT2D eigenvalue weighted by molar-refractivity contribution is 14.1. The van der Waals surface area contributed by atoms with E-state index in [0.717, 1.165) is 25.5 Å². The largest absolute Gasteiger partial charge is 0.303 e. The van der Waals surface area contributed by atoms with Crippen molar-refractivity contribution in [3.63, 3.8) is 0 Å². The van der Waals surface area contributed by atoms with Crippen LogP contribution in [-0.2, 0) is 11.2 Å². The van der Waals surface area contributed by atoms with Gasteiger partial charge in [-0.25, -0.2) is 0 Å². The van der Waals surface area contributed by atoms with Gasteiger partial charge in [-0.3, -0.25) is 0 Å². The Bertz CT molecular complexity index is 333. The summed E-state index contributed by atoms with van der Waals surface area (Å²) in [6, 6.07) is 6.39. The van der Waals surface area contributed by atoms with Crippen molar-refractivity contribution in [3.8, 4) is 0 Å². The van der Waals surface area contributed by atoms with Crippen LogP contribution in [0.1, 0.15) is 29.9 Å². The Labute approximate surface area is 91.7 Å². The number of rotatable bonds is 1. The Morgan fingerprint density at radius 3 is 3.08 bits per heavy atom. The fourth-order valence-corrected chi connectivity index (χ4v) is 2.52. The molecular formula is C11H11IO. The maximum Gasteiger partial charge on any atom is 0.127 e. The Kier molecular flexibility index (Phi) is 2.67. The number of halogens is 1. The van der Waals surface area contributed by atoms with E-state index < -0.39 is 0 Å². The lowest BCUT2D eigenvalue weighted by Gasteiger charge is -2.21. The van der Waals surface area contributed by atoms with Gasteiger partial charge in [0.05, 0.1) is 0 Å². The Hall–Kier alpha value is -0.380. The molecule has 0 bridgehead atoms. The van der Waals surface area contributed by atoms with Crippen LogP contribution in [0.4, 0.5) is 0 Å². The lowest BCUT2D eigenvalue weighted by Crippen LogP contribution is -2.10. The van der Waals surface area contributed by atoms with E-state index >= 15 is 0 Å². The highest BCUT2D eigenvalue weighted by atomic mass is 127. The van der Waals surface area contributed by atoms with Gasteiger partial charge in [-0.15, -0.1) is 0 Å². The third-order valence-electron chi connectivity index (χ3n) is 2.63. The standard InChI is InChI=1S/C11H11IO/c12-10-4-5-11-8(6-10)2-1-3-9(11)7-13/h4-7,9H,1-3H2. The zero-order valence-electron chi connectivity index (χ0n) is 7.29. The van der Waals surface area contributed by atoms with E-state index in [-0.39, 0.29) is 5.92 Å². The molecule has 1 nitrogen and oxygen atoms in total. The highest BCUT2D eigenvalue weighted by Crippen LogP contribution is 2.30. The first-order chi connectivity index (χ1) is 6.31. The zero-order valence-corrected chi connectivity index (χ0v) is 9.45. The van der Waals surface area contributed by atoms with E-state index in [1.807, 2.05) is 0 Å². The van der Waals surface area contributed by atoms with Gasteiger partial charge < -0.3 is 4.79 Å². The second-order valence-corrected chi connectivity index (χ2v) is 4.72. The molecule has 0 aliphatic heterocycles. The lowest BCUT2D eigenvalue weighted by atomic mass is 9.84. The van der Waals surface area contributed by atoms with E-state index in [1.165, 1.54) is 14.7 Å². The summed E-state index contributed by atoms with van der Waals surface area (Å²) in [6.07, 6.45) is 4.40. The molecule has 1 aliphatic rings. The molecule has 0 heterocycles. The van der Waals surface area contributed by atoms with Gasteiger partial charge in [-0.05, 0) is 65.1 Å². The van der Waals surface area contributed by atoms with Crippen molar-refractivity contribution in [1.82, 2.24) is 0 Å². The summed E-state index contributed by atoms with van der Waals surface area (Å²) in [7, 11) is 0. The third-order valence-corrected chi connectivity index (χ3v) is 3.30. The molecule has 0 radical (unpaired) electrons. The number of aryl methyl sites for hydroxylation is 1. The van der Waals surface area contributed by atoms with Gasteiger partial charge in [-0.1, -0.05) is 6.07 Å². The molecule has 2 heteroatoms. The van der Waals surface area contributed by atoms with Crippen molar-refractivity contribution in [2.45, 2.75) is 25.2 Å². The van der Waals surface area contributed by atoms with Gasteiger partial charge in [0.1, 0.15) is 6.29 Å². The second kappa shape index (κ2) is 3.78. The molecule has 0 N–H and O–H groups in total. The number of aldehydes is 1. The fourth-order valence-electron chi connectivity index (χ4n) is 1.96. The molecular weight excluding hydrogens is 275 g/mol. The summed E-state index contributed by atoms with van der Waals surface area (Å²) in [4.78, 5) is 10.8. The van der Waals surface area contributed by atoms with Crippen LogP contribution in [-0.4, -0.2) is 6.29 Å². The maximum absolute atomic E-state index is 10.8. The van der Waals surface area contributed by atoms with Crippen LogP contribution in [0.25, 0.3) is 0 Å². The number of fused-ring (bicyclic) bond motifs is 1. The summed E-state index contributed by atoms with van der Waals surface area (Å²) in [5.74, 6) is 0.153. The van der Waals surface area contributed by atoms with Gasteiger partial charge in [0.15, 0.2) is 0 Å². The van der Waals surface area contributed by atoms with E-state index in [4.69, 9.17) is 0 Å². The molecule has 0 fully saturated rings. The molecule has 68 valence electrons. The first-order valence-corrected chi connectivity index (χ1v) is 5.63. The van der Waals surface area contributed by atoms with Crippen LogP contribution < -0.4 is 0 Å². The average molecular weight is 286 g/mol. The van der Waals surface area contributed by atoms with Crippen LogP contribution in [0.3, 0.4) is 0 Å². The molecule has 0 saturated carbocycles. The van der Waals surface area contributed by atoms with Gasteiger partial charge in [0.25, 0.3) is 0 Å². The van der Waals surface area contributed by atoms with Gasteiger partial charge in [0.2, 0.25) is 0 Å². The van der Waals surface area contributed by atoms with E-state index in [9.17, 15) is 4.79 Å². The molecule has 0 spiro atoms. The highest BCUT2D eigenvalue weighted by Gasteiger charge is 2.18. The Morgan fingerprint density at radius 1 is 1.46 bits per heavy atom. The summed E-state index contributed by atoms with van der Waals surface area (Å²) in [6.45, 7) is 0. The third kappa shape index (κ3) is 1.77. The van der Waals surface area contributed by atoms with Crippen LogP contribution in [0.2, 0.25) is 0 Å². The van der Waals surface area contributed by atoms with Crippen molar-refractivity contribution in [3.05, 3.63) is 32.9 Å². The number of hydrogen-bond acceptors (Lipinski definition) is 1. The fraction of sp³-hybridized carbons (Fsp3) is 0.364. The van der Waals surface area contributed by atoms with Gasteiger partial charge in [0, 0.05) is 9.49 Å². The van der Waals surface area contributed by atoms with E-state index in [0.29, 0.717) is 0 Å². The van der Waals surface area contributed by atoms with Gasteiger partial charge >= 0.3 is 0 Å². The van der Waals surface area contributed by atoms with Crippen LogP contribution >= 0.6 is 22.6 Å². The summed E-state index contributed by atoms with van der Waals surface area (Å²) in [5, 5.41) is 0. The Morgan fingerprint density at radius 2 is 2.31 bits per heavy atom. The smallest absolute Gasteiger partial charge is 0.127 e.